The number of nitrogens with zero attached hydrogens (tertiary/aromatic N) is 1. The molecule has 0 aromatic heterocycles. The van der Waals surface area contributed by atoms with E-state index in [1.165, 1.54) is 13.3 Å². The highest BCUT2D eigenvalue weighted by molar-refractivity contribution is 5.92. The molecule has 0 aromatic carbocycles. The van der Waals surface area contributed by atoms with Gasteiger partial charge in [-0.1, -0.05) is 26.5 Å². The third-order valence-electron chi connectivity index (χ3n) is 0.960. The SMILES string of the molecule is C=CN=C(OC)/C(N)=C\C.CC. The second-order valence-electron chi connectivity index (χ2n) is 1.56. The first kappa shape index (κ1) is 13.3. The highest BCUT2D eigenvalue weighted by Gasteiger charge is 1.97. The predicted octanol–water partition coefficient (Wildman–Crippen LogP) is 2.06. The van der Waals surface area contributed by atoms with Crippen LogP contribution in [-0.2, 0) is 4.74 Å². The number of ether oxygens (including phenoxy) is 1. The molecule has 0 heterocycles. The van der Waals surface area contributed by atoms with Crippen molar-refractivity contribution < 1.29 is 4.74 Å². The fourth-order valence-electron chi connectivity index (χ4n) is 0.451. The van der Waals surface area contributed by atoms with E-state index in [0.717, 1.165) is 0 Å². The first-order valence-electron chi connectivity index (χ1n) is 3.91. The number of methoxy groups -OCH3 is 1. The van der Waals surface area contributed by atoms with Crippen LogP contribution in [-0.4, -0.2) is 13.0 Å². The van der Waals surface area contributed by atoms with Gasteiger partial charge < -0.3 is 10.5 Å². The van der Waals surface area contributed by atoms with Gasteiger partial charge in [0, 0.05) is 6.20 Å². The van der Waals surface area contributed by atoms with Crippen LogP contribution < -0.4 is 5.73 Å². The van der Waals surface area contributed by atoms with E-state index in [-0.39, 0.29) is 0 Å². The van der Waals surface area contributed by atoms with Gasteiger partial charge in [0.25, 0.3) is 0 Å². The van der Waals surface area contributed by atoms with Gasteiger partial charge in [0.05, 0.1) is 12.8 Å². The Morgan fingerprint density at radius 2 is 2.00 bits per heavy atom. The maximum atomic E-state index is 5.47. The smallest absolute Gasteiger partial charge is 0.236 e. The van der Waals surface area contributed by atoms with Crippen molar-refractivity contribution in [1.29, 1.82) is 0 Å². The quantitative estimate of drug-likeness (QED) is 0.509. The third-order valence-corrected chi connectivity index (χ3v) is 0.960. The van der Waals surface area contributed by atoms with E-state index in [2.05, 4.69) is 11.6 Å². The zero-order valence-electron chi connectivity index (χ0n) is 8.29. The summed E-state index contributed by atoms with van der Waals surface area (Å²) < 4.78 is 4.83. The van der Waals surface area contributed by atoms with Gasteiger partial charge in [-0.05, 0) is 6.92 Å². The lowest BCUT2D eigenvalue weighted by atomic mass is 10.4. The van der Waals surface area contributed by atoms with Crippen LogP contribution in [0.2, 0.25) is 0 Å². The van der Waals surface area contributed by atoms with E-state index in [1.54, 1.807) is 6.08 Å². The molecular weight excluding hydrogens is 152 g/mol. The molecule has 0 radical (unpaired) electrons. The molecule has 0 rings (SSSR count). The summed E-state index contributed by atoms with van der Waals surface area (Å²) in [5, 5.41) is 0. The first-order valence-corrected chi connectivity index (χ1v) is 3.91. The van der Waals surface area contributed by atoms with Gasteiger partial charge in [-0.25, -0.2) is 4.99 Å². The average molecular weight is 170 g/mol. The molecule has 12 heavy (non-hydrogen) atoms. The minimum Gasteiger partial charge on any atom is -0.480 e. The van der Waals surface area contributed by atoms with Crippen molar-refractivity contribution in [2.24, 2.45) is 10.7 Å². The minimum absolute atomic E-state index is 0.400. The molecule has 0 saturated carbocycles. The van der Waals surface area contributed by atoms with Gasteiger partial charge in [0.1, 0.15) is 0 Å². The van der Waals surface area contributed by atoms with Crippen LogP contribution in [0, 0.1) is 0 Å². The van der Waals surface area contributed by atoms with Crippen molar-refractivity contribution >= 4 is 5.90 Å². The summed E-state index contributed by atoms with van der Waals surface area (Å²) in [4.78, 5) is 3.78. The van der Waals surface area contributed by atoms with Crippen LogP contribution in [0.15, 0.2) is 29.5 Å². The van der Waals surface area contributed by atoms with E-state index < -0.39 is 0 Å². The van der Waals surface area contributed by atoms with Gasteiger partial charge in [0.2, 0.25) is 5.90 Å². The molecule has 0 unspecified atom stereocenters. The molecule has 0 amide bonds. The maximum absolute atomic E-state index is 5.47. The van der Waals surface area contributed by atoms with Crippen molar-refractivity contribution in [1.82, 2.24) is 0 Å². The summed E-state index contributed by atoms with van der Waals surface area (Å²) in [6.07, 6.45) is 3.10. The molecule has 0 aliphatic heterocycles. The fourth-order valence-corrected chi connectivity index (χ4v) is 0.451. The van der Waals surface area contributed by atoms with Gasteiger partial charge in [-0.3, -0.25) is 0 Å². The average Bonchev–Trinajstić information content (AvgIpc) is 2.16. The molecule has 70 valence electrons. The van der Waals surface area contributed by atoms with Crippen molar-refractivity contribution in [3.63, 3.8) is 0 Å². The lowest BCUT2D eigenvalue weighted by molar-refractivity contribution is 0.403. The number of nitrogens with two attached hydrogens (primary N) is 1. The van der Waals surface area contributed by atoms with E-state index in [4.69, 9.17) is 10.5 Å². The second kappa shape index (κ2) is 9.75. The van der Waals surface area contributed by atoms with Gasteiger partial charge >= 0.3 is 0 Å². The number of hydrogen-bond donors (Lipinski definition) is 1. The molecule has 3 heteroatoms. The zero-order valence-corrected chi connectivity index (χ0v) is 8.29. The Hall–Kier alpha value is -1.25. The monoisotopic (exact) mass is 170 g/mol. The predicted molar refractivity (Wildman–Crippen MR) is 53.9 cm³/mol. The normalized spacial score (nSPS) is 11.3. The summed E-state index contributed by atoms with van der Waals surface area (Å²) in [5.74, 6) is 0.400. The Balaban J connectivity index is 0. The number of allylic oxidation sites excluding steroid dienone is 1. The maximum Gasteiger partial charge on any atom is 0.236 e. The fraction of sp³-hybridized carbons (Fsp3) is 0.444. The Bertz CT molecular complexity index is 171. The highest BCUT2D eigenvalue weighted by atomic mass is 16.5. The topological polar surface area (TPSA) is 47.6 Å². The Labute approximate surface area is 74.6 Å². The molecule has 0 atom stereocenters. The lowest BCUT2D eigenvalue weighted by Gasteiger charge is -2.01. The van der Waals surface area contributed by atoms with Gasteiger partial charge in [-0.15, -0.1) is 0 Å². The van der Waals surface area contributed by atoms with Crippen LogP contribution in [0.25, 0.3) is 0 Å². The molecule has 2 N–H and O–H groups in total. The Morgan fingerprint density at radius 3 is 2.25 bits per heavy atom. The largest absolute Gasteiger partial charge is 0.480 e. The molecule has 0 aliphatic rings. The van der Waals surface area contributed by atoms with E-state index >= 15 is 0 Å². The molecule has 0 spiro atoms. The van der Waals surface area contributed by atoms with E-state index in [1.807, 2.05) is 20.8 Å². The van der Waals surface area contributed by atoms with Crippen molar-refractivity contribution in [3.05, 3.63) is 24.6 Å². The van der Waals surface area contributed by atoms with Crippen LogP contribution in [0.4, 0.5) is 0 Å². The van der Waals surface area contributed by atoms with Gasteiger partial charge in [0.15, 0.2) is 0 Å². The molecule has 3 nitrogen and oxygen atoms in total. The number of rotatable bonds is 2. The van der Waals surface area contributed by atoms with Gasteiger partial charge in [-0.2, -0.15) is 0 Å². The van der Waals surface area contributed by atoms with Crippen molar-refractivity contribution in [3.8, 4) is 0 Å². The standard InChI is InChI=1S/C7H12N2O.C2H6/c1-4-6(8)7(10-3)9-5-2;1-2/h4-5H,2,8H2,1,3H3;1-2H3/b6-4+,9-7?;. The van der Waals surface area contributed by atoms with E-state index in [9.17, 15) is 0 Å². The Morgan fingerprint density at radius 1 is 1.50 bits per heavy atom. The molecule has 0 bridgehead atoms. The summed E-state index contributed by atoms with van der Waals surface area (Å²) in [6, 6.07) is 0. The summed E-state index contributed by atoms with van der Waals surface area (Å²) in [6.45, 7) is 9.23. The third kappa shape index (κ3) is 5.53. The second-order valence-corrected chi connectivity index (χ2v) is 1.56. The molecule has 0 fully saturated rings. The van der Waals surface area contributed by atoms with Crippen LogP contribution in [0.3, 0.4) is 0 Å². The number of aliphatic imine (C=N–C) groups is 1. The summed E-state index contributed by atoms with van der Waals surface area (Å²) in [7, 11) is 1.51. The van der Waals surface area contributed by atoms with Crippen molar-refractivity contribution in [2.45, 2.75) is 20.8 Å². The van der Waals surface area contributed by atoms with Crippen molar-refractivity contribution in [2.75, 3.05) is 7.11 Å². The minimum atomic E-state index is 0.400. The number of hydrogen-bond acceptors (Lipinski definition) is 3. The van der Waals surface area contributed by atoms with E-state index in [0.29, 0.717) is 11.6 Å². The molecule has 0 aromatic rings. The summed E-state index contributed by atoms with van der Waals surface area (Å²) in [5.41, 5.74) is 5.99. The molecular formula is C9H18N2O. The molecule has 0 saturated heterocycles. The lowest BCUT2D eigenvalue weighted by Crippen LogP contribution is -2.12. The molecule has 0 aliphatic carbocycles. The Kier molecular flexibility index (Phi) is 10.8. The van der Waals surface area contributed by atoms with Crippen LogP contribution >= 0.6 is 0 Å². The zero-order chi connectivity index (χ0) is 9.98. The highest BCUT2D eigenvalue weighted by Crippen LogP contribution is 1.91. The summed E-state index contributed by atoms with van der Waals surface area (Å²) >= 11 is 0. The van der Waals surface area contributed by atoms with Crippen LogP contribution in [0.5, 0.6) is 0 Å². The first-order chi connectivity index (χ1) is 5.76. The van der Waals surface area contributed by atoms with Crippen LogP contribution in [0.1, 0.15) is 20.8 Å².